The van der Waals surface area contributed by atoms with Crippen LogP contribution in [0.5, 0.6) is 0 Å². The van der Waals surface area contributed by atoms with Gasteiger partial charge < -0.3 is 15.0 Å². The van der Waals surface area contributed by atoms with Crippen LogP contribution in [0.1, 0.15) is 10.4 Å². The molecule has 1 amide bonds. The highest BCUT2D eigenvalue weighted by Gasteiger charge is 2.30. The lowest BCUT2D eigenvalue weighted by atomic mass is 10.1. The standard InChI is InChI=1S/C15H14N2O3/c18-11-8-17(9-11)15(20)12-6-7-13(16-14(12)19)10-4-2-1-3-5-10/h1-7,11,18H,8-9H2,(H,16,19). The fourth-order valence-electron chi connectivity index (χ4n) is 2.22. The van der Waals surface area contributed by atoms with Crippen LogP contribution in [0.15, 0.2) is 47.3 Å². The van der Waals surface area contributed by atoms with E-state index in [0.717, 1.165) is 5.56 Å². The number of pyridine rings is 1. The molecular formula is C15H14N2O3. The Bertz CT molecular complexity index is 688. The van der Waals surface area contributed by atoms with E-state index in [9.17, 15) is 14.7 Å². The summed E-state index contributed by atoms with van der Waals surface area (Å²) in [5.41, 5.74) is 1.27. The van der Waals surface area contributed by atoms with E-state index in [1.807, 2.05) is 30.3 Å². The molecule has 2 N–H and O–H groups in total. The number of carbonyl (C=O) groups is 1. The van der Waals surface area contributed by atoms with E-state index in [0.29, 0.717) is 18.8 Å². The van der Waals surface area contributed by atoms with Crippen molar-refractivity contribution in [3.8, 4) is 11.3 Å². The Balaban J connectivity index is 1.89. The molecule has 1 aromatic carbocycles. The first-order chi connectivity index (χ1) is 9.65. The van der Waals surface area contributed by atoms with Gasteiger partial charge in [-0.1, -0.05) is 30.3 Å². The first kappa shape index (κ1) is 12.6. The van der Waals surface area contributed by atoms with Gasteiger partial charge in [0.1, 0.15) is 5.56 Å². The summed E-state index contributed by atoms with van der Waals surface area (Å²) in [4.78, 5) is 28.2. The monoisotopic (exact) mass is 270 g/mol. The van der Waals surface area contributed by atoms with Crippen molar-refractivity contribution in [3.05, 3.63) is 58.4 Å². The summed E-state index contributed by atoms with van der Waals surface area (Å²) in [5.74, 6) is -0.337. The van der Waals surface area contributed by atoms with Gasteiger partial charge in [0.25, 0.3) is 11.5 Å². The molecule has 1 aromatic heterocycles. The van der Waals surface area contributed by atoms with Crippen LogP contribution in [0.2, 0.25) is 0 Å². The largest absolute Gasteiger partial charge is 0.389 e. The summed E-state index contributed by atoms with van der Waals surface area (Å²) in [7, 11) is 0. The SMILES string of the molecule is O=C(c1ccc(-c2ccccc2)[nH]c1=O)N1CC(O)C1. The van der Waals surface area contributed by atoms with Crippen molar-refractivity contribution in [2.45, 2.75) is 6.10 Å². The second-order valence-corrected chi connectivity index (χ2v) is 4.84. The third-order valence-electron chi connectivity index (χ3n) is 3.37. The number of nitrogens with zero attached hydrogens (tertiary/aromatic N) is 1. The van der Waals surface area contributed by atoms with Crippen molar-refractivity contribution in [1.82, 2.24) is 9.88 Å². The highest BCUT2D eigenvalue weighted by Crippen LogP contribution is 2.16. The molecule has 20 heavy (non-hydrogen) atoms. The maximum atomic E-state index is 12.0. The number of likely N-dealkylation sites (tertiary alicyclic amines) is 1. The van der Waals surface area contributed by atoms with Crippen LogP contribution in [0.25, 0.3) is 11.3 Å². The van der Waals surface area contributed by atoms with Gasteiger partial charge in [0, 0.05) is 18.8 Å². The molecule has 5 heteroatoms. The highest BCUT2D eigenvalue weighted by atomic mass is 16.3. The number of rotatable bonds is 2. The van der Waals surface area contributed by atoms with Crippen LogP contribution in [0, 0.1) is 0 Å². The number of aliphatic hydroxyl groups is 1. The van der Waals surface area contributed by atoms with Gasteiger partial charge in [0.05, 0.1) is 6.10 Å². The van der Waals surface area contributed by atoms with E-state index in [1.54, 1.807) is 6.07 Å². The van der Waals surface area contributed by atoms with E-state index in [1.165, 1.54) is 11.0 Å². The fourth-order valence-corrected chi connectivity index (χ4v) is 2.22. The fraction of sp³-hybridized carbons (Fsp3) is 0.200. The van der Waals surface area contributed by atoms with E-state index in [4.69, 9.17) is 0 Å². The molecular weight excluding hydrogens is 256 g/mol. The highest BCUT2D eigenvalue weighted by molar-refractivity contribution is 5.94. The van der Waals surface area contributed by atoms with Crippen LogP contribution in [-0.4, -0.2) is 40.1 Å². The van der Waals surface area contributed by atoms with Gasteiger partial charge >= 0.3 is 0 Å². The molecule has 0 aliphatic carbocycles. The second-order valence-electron chi connectivity index (χ2n) is 4.84. The number of carbonyl (C=O) groups excluding carboxylic acids is 1. The summed E-state index contributed by atoms with van der Waals surface area (Å²) in [6.45, 7) is 0.581. The molecule has 2 aromatic rings. The van der Waals surface area contributed by atoms with Crippen molar-refractivity contribution in [2.75, 3.05) is 13.1 Å². The summed E-state index contributed by atoms with van der Waals surface area (Å²) in [6, 6.07) is 12.7. The molecule has 0 unspecified atom stereocenters. The zero-order chi connectivity index (χ0) is 14.1. The molecule has 0 bridgehead atoms. The smallest absolute Gasteiger partial charge is 0.261 e. The first-order valence-electron chi connectivity index (χ1n) is 6.41. The normalized spacial score (nSPS) is 14.9. The molecule has 1 aliphatic heterocycles. The van der Waals surface area contributed by atoms with E-state index in [2.05, 4.69) is 4.98 Å². The minimum absolute atomic E-state index is 0.108. The van der Waals surface area contributed by atoms with Gasteiger partial charge in [-0.05, 0) is 17.7 Å². The summed E-state index contributed by atoms with van der Waals surface area (Å²) in [6.07, 6.45) is -0.471. The summed E-state index contributed by atoms with van der Waals surface area (Å²) < 4.78 is 0. The van der Waals surface area contributed by atoms with E-state index >= 15 is 0 Å². The summed E-state index contributed by atoms with van der Waals surface area (Å²) >= 11 is 0. The number of aliphatic hydroxyl groups excluding tert-OH is 1. The maximum absolute atomic E-state index is 12.0. The lowest BCUT2D eigenvalue weighted by Gasteiger charge is -2.35. The second kappa shape index (κ2) is 4.94. The van der Waals surface area contributed by atoms with Crippen molar-refractivity contribution in [3.63, 3.8) is 0 Å². The van der Waals surface area contributed by atoms with Crippen molar-refractivity contribution in [1.29, 1.82) is 0 Å². The lowest BCUT2D eigenvalue weighted by molar-refractivity contribution is 0.00577. The topological polar surface area (TPSA) is 73.4 Å². The molecule has 0 atom stereocenters. The molecule has 0 spiro atoms. The molecule has 1 fully saturated rings. The van der Waals surface area contributed by atoms with Gasteiger partial charge in [-0.15, -0.1) is 0 Å². The Labute approximate surface area is 115 Å². The van der Waals surface area contributed by atoms with Crippen LogP contribution >= 0.6 is 0 Å². The van der Waals surface area contributed by atoms with E-state index in [-0.39, 0.29) is 11.5 Å². The van der Waals surface area contributed by atoms with Gasteiger partial charge in [-0.25, -0.2) is 0 Å². The predicted molar refractivity (Wildman–Crippen MR) is 74.4 cm³/mol. The molecule has 2 heterocycles. The molecule has 1 saturated heterocycles. The van der Waals surface area contributed by atoms with Crippen molar-refractivity contribution in [2.24, 2.45) is 0 Å². The third-order valence-corrected chi connectivity index (χ3v) is 3.37. The Morgan fingerprint density at radius 2 is 1.85 bits per heavy atom. The van der Waals surface area contributed by atoms with Gasteiger partial charge in [0.2, 0.25) is 0 Å². The number of aromatic nitrogens is 1. The zero-order valence-electron chi connectivity index (χ0n) is 10.7. The van der Waals surface area contributed by atoms with Gasteiger partial charge in [-0.2, -0.15) is 0 Å². The van der Waals surface area contributed by atoms with Crippen molar-refractivity contribution >= 4 is 5.91 Å². The number of amides is 1. The summed E-state index contributed by atoms with van der Waals surface area (Å²) in [5, 5.41) is 9.20. The quantitative estimate of drug-likeness (QED) is 0.850. The molecule has 0 saturated carbocycles. The zero-order valence-corrected chi connectivity index (χ0v) is 10.7. The molecule has 5 nitrogen and oxygen atoms in total. The number of nitrogens with one attached hydrogen (secondary N) is 1. The van der Waals surface area contributed by atoms with E-state index < -0.39 is 11.7 Å². The number of β-amino-alcohol motifs (C(OH)–C–C–N with tert-alkyl or cyclic N) is 1. The molecule has 3 rings (SSSR count). The third kappa shape index (κ3) is 2.23. The number of benzene rings is 1. The van der Waals surface area contributed by atoms with Crippen LogP contribution in [0.4, 0.5) is 0 Å². The lowest BCUT2D eigenvalue weighted by Crippen LogP contribution is -2.54. The Hall–Kier alpha value is -2.40. The number of aromatic amines is 1. The van der Waals surface area contributed by atoms with Crippen LogP contribution in [0.3, 0.4) is 0 Å². The van der Waals surface area contributed by atoms with Gasteiger partial charge in [0.15, 0.2) is 0 Å². The molecule has 102 valence electrons. The van der Waals surface area contributed by atoms with Crippen LogP contribution in [-0.2, 0) is 0 Å². The van der Waals surface area contributed by atoms with Crippen molar-refractivity contribution < 1.29 is 9.90 Å². The Kier molecular flexibility index (Phi) is 3.12. The molecule has 1 aliphatic rings. The Morgan fingerprint density at radius 1 is 1.15 bits per heavy atom. The Morgan fingerprint density at radius 3 is 2.45 bits per heavy atom. The minimum Gasteiger partial charge on any atom is -0.389 e. The molecule has 0 radical (unpaired) electrons. The number of hydrogen-bond acceptors (Lipinski definition) is 3. The average molecular weight is 270 g/mol. The van der Waals surface area contributed by atoms with Crippen LogP contribution < -0.4 is 5.56 Å². The van der Waals surface area contributed by atoms with Gasteiger partial charge in [-0.3, -0.25) is 9.59 Å². The number of hydrogen-bond donors (Lipinski definition) is 2. The minimum atomic E-state index is -0.471. The average Bonchev–Trinajstić information content (AvgIpc) is 2.44. The predicted octanol–water partition coefficient (Wildman–Crippen LogP) is 0.859. The first-order valence-corrected chi connectivity index (χ1v) is 6.41. The number of H-pyrrole nitrogens is 1. The maximum Gasteiger partial charge on any atom is 0.261 e.